The summed E-state index contributed by atoms with van der Waals surface area (Å²) in [5, 5.41) is 9.12. The topological polar surface area (TPSA) is 23.5 Å². The van der Waals surface area contributed by atoms with Gasteiger partial charge in [0.1, 0.15) is 5.82 Å². The fraction of sp³-hybridized carbons (Fsp3) is 0.571. The van der Waals surface area contributed by atoms with Gasteiger partial charge in [-0.25, -0.2) is 4.39 Å². The number of piperidine rings is 1. The Morgan fingerprint density at radius 3 is 2.82 bits per heavy atom. The van der Waals surface area contributed by atoms with Gasteiger partial charge in [-0.1, -0.05) is 6.92 Å². The van der Waals surface area contributed by atoms with Crippen molar-refractivity contribution in [3.05, 3.63) is 29.6 Å². The predicted molar refractivity (Wildman–Crippen MR) is 67.5 cm³/mol. The van der Waals surface area contributed by atoms with Crippen LogP contribution in [0.15, 0.2) is 18.2 Å². The zero-order valence-corrected chi connectivity index (χ0v) is 10.5. The predicted octanol–water partition coefficient (Wildman–Crippen LogP) is 2.94. The quantitative estimate of drug-likeness (QED) is 0.855. The van der Waals surface area contributed by atoms with E-state index in [2.05, 4.69) is 18.7 Å². The van der Waals surface area contributed by atoms with Gasteiger partial charge in [0.15, 0.2) is 0 Å². The van der Waals surface area contributed by atoms with Crippen molar-refractivity contribution in [3.8, 4) is 0 Å². The van der Waals surface area contributed by atoms with E-state index in [9.17, 15) is 4.39 Å². The number of rotatable bonds is 2. The van der Waals surface area contributed by atoms with Crippen LogP contribution in [0.1, 0.15) is 32.3 Å². The van der Waals surface area contributed by atoms with Gasteiger partial charge in [-0.3, -0.25) is 0 Å². The van der Waals surface area contributed by atoms with Gasteiger partial charge in [0.2, 0.25) is 0 Å². The SMILES string of the molecule is CC1CCCN(c2cc(F)cc(CO)c2)C1C. The smallest absolute Gasteiger partial charge is 0.125 e. The van der Waals surface area contributed by atoms with Crippen molar-refractivity contribution in [1.29, 1.82) is 0 Å². The van der Waals surface area contributed by atoms with Crippen LogP contribution in [0.25, 0.3) is 0 Å². The van der Waals surface area contributed by atoms with E-state index < -0.39 is 0 Å². The van der Waals surface area contributed by atoms with E-state index in [1.165, 1.54) is 12.5 Å². The third-order valence-electron chi connectivity index (χ3n) is 3.83. The summed E-state index contributed by atoms with van der Waals surface area (Å²) < 4.78 is 13.5. The highest BCUT2D eigenvalue weighted by molar-refractivity contribution is 5.50. The monoisotopic (exact) mass is 237 g/mol. The first kappa shape index (κ1) is 12.4. The Balaban J connectivity index is 2.29. The van der Waals surface area contributed by atoms with Gasteiger partial charge in [0, 0.05) is 18.3 Å². The normalized spacial score (nSPS) is 25.1. The van der Waals surface area contributed by atoms with Crippen LogP contribution in [-0.2, 0) is 6.61 Å². The zero-order chi connectivity index (χ0) is 12.4. The average molecular weight is 237 g/mol. The molecule has 0 aromatic heterocycles. The summed E-state index contributed by atoms with van der Waals surface area (Å²) in [5.41, 5.74) is 1.54. The molecule has 2 unspecified atom stereocenters. The van der Waals surface area contributed by atoms with Crippen LogP contribution in [0, 0.1) is 11.7 Å². The van der Waals surface area contributed by atoms with Gasteiger partial charge in [0.05, 0.1) is 6.61 Å². The maximum absolute atomic E-state index is 13.5. The Kier molecular flexibility index (Phi) is 3.67. The van der Waals surface area contributed by atoms with Gasteiger partial charge in [-0.2, -0.15) is 0 Å². The van der Waals surface area contributed by atoms with Crippen LogP contribution in [0.5, 0.6) is 0 Å². The van der Waals surface area contributed by atoms with E-state index in [1.807, 2.05) is 6.07 Å². The van der Waals surface area contributed by atoms with Crippen LogP contribution in [0.4, 0.5) is 10.1 Å². The highest BCUT2D eigenvalue weighted by Gasteiger charge is 2.25. The molecule has 1 aliphatic rings. The molecule has 0 bridgehead atoms. The molecular formula is C14H20FNO. The molecule has 1 aliphatic heterocycles. The molecule has 0 saturated carbocycles. The van der Waals surface area contributed by atoms with Crippen molar-refractivity contribution in [2.24, 2.45) is 5.92 Å². The number of anilines is 1. The highest BCUT2D eigenvalue weighted by atomic mass is 19.1. The van der Waals surface area contributed by atoms with E-state index in [-0.39, 0.29) is 12.4 Å². The minimum absolute atomic E-state index is 0.109. The maximum Gasteiger partial charge on any atom is 0.125 e. The highest BCUT2D eigenvalue weighted by Crippen LogP contribution is 2.29. The molecule has 0 aliphatic carbocycles. The molecule has 1 fully saturated rings. The first-order valence-electron chi connectivity index (χ1n) is 6.29. The van der Waals surface area contributed by atoms with E-state index in [0.717, 1.165) is 18.7 Å². The Labute approximate surface area is 102 Å². The minimum Gasteiger partial charge on any atom is -0.392 e. The Bertz CT molecular complexity index is 394. The summed E-state index contributed by atoms with van der Waals surface area (Å²) in [6.07, 6.45) is 2.39. The molecule has 1 aromatic carbocycles. The Hall–Kier alpha value is -1.09. The van der Waals surface area contributed by atoms with Gasteiger partial charge in [-0.15, -0.1) is 0 Å². The second-order valence-corrected chi connectivity index (χ2v) is 5.03. The van der Waals surface area contributed by atoms with Crippen LogP contribution in [0.2, 0.25) is 0 Å². The molecule has 0 amide bonds. The third kappa shape index (κ3) is 2.60. The molecule has 0 radical (unpaired) electrons. The van der Waals surface area contributed by atoms with Crippen LogP contribution in [-0.4, -0.2) is 17.7 Å². The molecule has 17 heavy (non-hydrogen) atoms. The van der Waals surface area contributed by atoms with Gasteiger partial charge >= 0.3 is 0 Å². The van der Waals surface area contributed by atoms with Crippen molar-refractivity contribution < 1.29 is 9.50 Å². The molecule has 3 heteroatoms. The summed E-state index contributed by atoms with van der Waals surface area (Å²) in [6.45, 7) is 5.29. The van der Waals surface area contributed by atoms with Crippen LogP contribution >= 0.6 is 0 Å². The number of aliphatic hydroxyl groups excluding tert-OH is 1. The second-order valence-electron chi connectivity index (χ2n) is 5.03. The molecule has 1 aromatic rings. The number of aliphatic hydroxyl groups is 1. The molecule has 1 saturated heterocycles. The van der Waals surface area contributed by atoms with Gasteiger partial charge < -0.3 is 10.0 Å². The molecule has 2 atom stereocenters. The summed E-state index contributed by atoms with van der Waals surface area (Å²) in [5.74, 6) is 0.363. The lowest BCUT2D eigenvalue weighted by Crippen LogP contribution is -2.42. The minimum atomic E-state index is -0.267. The lowest BCUT2D eigenvalue weighted by molar-refractivity contribution is 0.281. The van der Waals surface area contributed by atoms with Crippen molar-refractivity contribution in [2.45, 2.75) is 39.3 Å². The first-order chi connectivity index (χ1) is 8.11. The van der Waals surface area contributed by atoms with E-state index in [0.29, 0.717) is 17.5 Å². The number of hydrogen-bond donors (Lipinski definition) is 1. The lowest BCUT2D eigenvalue weighted by atomic mass is 9.91. The molecule has 94 valence electrons. The Morgan fingerprint density at radius 1 is 1.35 bits per heavy atom. The van der Waals surface area contributed by atoms with Crippen molar-refractivity contribution >= 4 is 5.69 Å². The number of benzene rings is 1. The van der Waals surface area contributed by atoms with Crippen molar-refractivity contribution in [3.63, 3.8) is 0 Å². The lowest BCUT2D eigenvalue weighted by Gasteiger charge is -2.39. The van der Waals surface area contributed by atoms with Gasteiger partial charge in [-0.05, 0) is 49.4 Å². The summed E-state index contributed by atoms with van der Waals surface area (Å²) in [7, 11) is 0. The zero-order valence-electron chi connectivity index (χ0n) is 10.5. The standard InChI is InChI=1S/C14H20FNO/c1-10-4-3-5-16(11(10)2)14-7-12(9-17)6-13(15)8-14/h6-8,10-11,17H,3-5,9H2,1-2H3. The average Bonchev–Trinajstić information content (AvgIpc) is 2.31. The van der Waals surface area contributed by atoms with E-state index >= 15 is 0 Å². The van der Waals surface area contributed by atoms with E-state index in [4.69, 9.17) is 5.11 Å². The first-order valence-corrected chi connectivity index (χ1v) is 6.29. The summed E-state index contributed by atoms with van der Waals surface area (Å²) >= 11 is 0. The molecule has 0 spiro atoms. The maximum atomic E-state index is 13.5. The summed E-state index contributed by atoms with van der Waals surface area (Å²) in [4.78, 5) is 2.25. The molecule has 2 nitrogen and oxygen atoms in total. The fourth-order valence-electron chi connectivity index (χ4n) is 2.59. The number of nitrogens with zero attached hydrogens (tertiary/aromatic N) is 1. The number of hydrogen-bond acceptors (Lipinski definition) is 2. The fourth-order valence-corrected chi connectivity index (χ4v) is 2.59. The van der Waals surface area contributed by atoms with E-state index in [1.54, 1.807) is 6.07 Å². The third-order valence-corrected chi connectivity index (χ3v) is 3.83. The number of halogens is 1. The van der Waals surface area contributed by atoms with Crippen molar-refractivity contribution in [2.75, 3.05) is 11.4 Å². The van der Waals surface area contributed by atoms with Crippen LogP contribution in [0.3, 0.4) is 0 Å². The van der Waals surface area contributed by atoms with Gasteiger partial charge in [0.25, 0.3) is 0 Å². The molecule has 1 heterocycles. The molecule has 2 rings (SSSR count). The Morgan fingerprint density at radius 2 is 2.12 bits per heavy atom. The molecular weight excluding hydrogens is 217 g/mol. The largest absolute Gasteiger partial charge is 0.392 e. The summed E-state index contributed by atoms with van der Waals surface area (Å²) in [6, 6.07) is 5.27. The molecule has 1 N–H and O–H groups in total. The van der Waals surface area contributed by atoms with Crippen molar-refractivity contribution in [1.82, 2.24) is 0 Å². The second kappa shape index (κ2) is 5.05. The van der Waals surface area contributed by atoms with Crippen LogP contribution < -0.4 is 4.90 Å².